The Morgan fingerprint density at radius 2 is 1.56 bits per heavy atom. The fraction of sp³-hybridized carbons (Fsp3) is 0.520. The molecule has 32 heavy (non-hydrogen) atoms. The van der Waals surface area contributed by atoms with Gasteiger partial charge in [-0.15, -0.1) is 11.3 Å². The molecule has 2 aliphatic rings. The van der Waals surface area contributed by atoms with Crippen LogP contribution < -0.4 is 0 Å². The van der Waals surface area contributed by atoms with Crippen LogP contribution in [0, 0.1) is 0 Å². The molecule has 0 N–H and O–H groups in total. The number of amides is 3. The zero-order valence-corrected chi connectivity index (χ0v) is 20.4. The summed E-state index contributed by atoms with van der Waals surface area (Å²) in [4.78, 5) is 35.9. The molecule has 0 spiro atoms. The Labute approximate surface area is 195 Å². The van der Waals surface area contributed by atoms with Crippen molar-refractivity contribution in [2.45, 2.75) is 38.3 Å². The topological polar surface area (TPSA) is 47.1 Å². The summed E-state index contributed by atoms with van der Waals surface area (Å²) in [7, 11) is 6.01. The molecule has 0 unspecified atom stereocenters. The normalized spacial score (nSPS) is 20.9. The zero-order chi connectivity index (χ0) is 22.8. The summed E-state index contributed by atoms with van der Waals surface area (Å²) in [5, 5.41) is 0. The number of carbonyl (C=O) groups is 2. The van der Waals surface area contributed by atoms with Gasteiger partial charge in [0, 0.05) is 44.1 Å². The van der Waals surface area contributed by atoms with Crippen molar-refractivity contribution in [2.24, 2.45) is 0 Å². The standard InChI is InChI=1S/C25H34N4O2S/c1-5-18-6-8-19(9-7-18)22-10-11-23(32-22)24(30)27(4)21-13-15-29(17-21)25(31)28-14-12-20(16-28)26(2)3/h6-11,20-21H,5,12-17H2,1-4H3/t20-,21+/m1/s1. The number of thiophene rings is 1. The van der Waals surface area contributed by atoms with Crippen LogP contribution in [0.3, 0.4) is 0 Å². The summed E-state index contributed by atoms with van der Waals surface area (Å²) in [5.41, 5.74) is 2.46. The van der Waals surface area contributed by atoms with Crippen molar-refractivity contribution in [1.29, 1.82) is 0 Å². The number of nitrogens with zero attached hydrogens (tertiary/aromatic N) is 4. The molecule has 2 fully saturated rings. The van der Waals surface area contributed by atoms with E-state index >= 15 is 0 Å². The number of likely N-dealkylation sites (tertiary alicyclic amines) is 2. The Kier molecular flexibility index (Phi) is 6.86. The van der Waals surface area contributed by atoms with Gasteiger partial charge >= 0.3 is 6.03 Å². The quantitative estimate of drug-likeness (QED) is 0.689. The number of carbonyl (C=O) groups excluding carboxylic acids is 2. The van der Waals surface area contributed by atoms with Gasteiger partial charge in [0.05, 0.1) is 10.9 Å². The Bertz CT molecular complexity index is 955. The minimum absolute atomic E-state index is 0.0413. The van der Waals surface area contributed by atoms with Gasteiger partial charge in [-0.2, -0.15) is 0 Å². The Morgan fingerprint density at radius 1 is 0.938 bits per heavy atom. The number of hydrogen-bond donors (Lipinski definition) is 0. The molecule has 2 atom stereocenters. The molecule has 3 heterocycles. The highest BCUT2D eigenvalue weighted by molar-refractivity contribution is 7.17. The molecule has 6 nitrogen and oxygen atoms in total. The van der Waals surface area contributed by atoms with E-state index in [1.165, 1.54) is 5.56 Å². The summed E-state index contributed by atoms with van der Waals surface area (Å²) in [6.45, 7) is 5.08. The second kappa shape index (κ2) is 9.63. The third-order valence-electron chi connectivity index (χ3n) is 6.93. The van der Waals surface area contributed by atoms with Crippen LogP contribution in [-0.4, -0.2) is 90.9 Å². The molecule has 0 aliphatic carbocycles. The smallest absolute Gasteiger partial charge is 0.320 e. The monoisotopic (exact) mass is 454 g/mol. The van der Waals surface area contributed by atoms with E-state index in [4.69, 9.17) is 0 Å². The maximum atomic E-state index is 13.1. The molecule has 4 rings (SSSR count). The molecule has 1 aromatic heterocycles. The summed E-state index contributed by atoms with van der Waals surface area (Å²) >= 11 is 1.54. The van der Waals surface area contributed by atoms with E-state index in [1.807, 2.05) is 33.9 Å². The molecule has 2 saturated heterocycles. The molecular weight excluding hydrogens is 420 g/mol. The predicted molar refractivity (Wildman–Crippen MR) is 130 cm³/mol. The van der Waals surface area contributed by atoms with Gasteiger partial charge in [0.1, 0.15) is 0 Å². The number of rotatable bonds is 5. The first-order valence-corrected chi connectivity index (χ1v) is 12.4. The third kappa shape index (κ3) is 4.69. The van der Waals surface area contributed by atoms with Crippen LogP contribution in [0.25, 0.3) is 10.4 Å². The molecule has 7 heteroatoms. The number of aryl methyl sites for hydroxylation is 1. The summed E-state index contributed by atoms with van der Waals surface area (Å²) in [6.07, 6.45) is 2.88. The van der Waals surface area contributed by atoms with Crippen molar-refractivity contribution >= 4 is 23.3 Å². The van der Waals surface area contributed by atoms with Crippen LogP contribution in [0.5, 0.6) is 0 Å². The van der Waals surface area contributed by atoms with E-state index in [9.17, 15) is 9.59 Å². The van der Waals surface area contributed by atoms with Crippen molar-refractivity contribution in [3.05, 3.63) is 46.8 Å². The fourth-order valence-corrected chi connectivity index (χ4v) is 5.62. The van der Waals surface area contributed by atoms with E-state index < -0.39 is 0 Å². The van der Waals surface area contributed by atoms with Crippen LogP contribution in [0.2, 0.25) is 0 Å². The van der Waals surface area contributed by atoms with Crippen molar-refractivity contribution in [1.82, 2.24) is 19.6 Å². The van der Waals surface area contributed by atoms with E-state index in [0.717, 1.165) is 47.7 Å². The highest BCUT2D eigenvalue weighted by Crippen LogP contribution is 2.30. The lowest BCUT2D eigenvalue weighted by atomic mass is 10.1. The molecule has 3 amide bonds. The Morgan fingerprint density at radius 3 is 2.16 bits per heavy atom. The van der Waals surface area contributed by atoms with Gasteiger partial charge in [-0.1, -0.05) is 31.2 Å². The van der Waals surface area contributed by atoms with Crippen molar-refractivity contribution in [3.8, 4) is 10.4 Å². The molecule has 2 aromatic rings. The number of benzene rings is 1. The summed E-state index contributed by atoms with van der Waals surface area (Å²) < 4.78 is 0. The second-order valence-electron chi connectivity index (χ2n) is 9.15. The van der Waals surface area contributed by atoms with Crippen molar-refractivity contribution in [3.63, 3.8) is 0 Å². The van der Waals surface area contributed by atoms with Crippen LogP contribution in [0.1, 0.15) is 35.0 Å². The third-order valence-corrected chi connectivity index (χ3v) is 8.05. The van der Waals surface area contributed by atoms with E-state index in [1.54, 1.807) is 11.3 Å². The highest BCUT2D eigenvalue weighted by atomic mass is 32.1. The number of urea groups is 1. The largest absolute Gasteiger partial charge is 0.336 e. The van der Waals surface area contributed by atoms with E-state index in [-0.39, 0.29) is 18.0 Å². The minimum atomic E-state index is 0.0413. The first-order valence-electron chi connectivity index (χ1n) is 11.5. The van der Waals surface area contributed by atoms with Crippen molar-refractivity contribution < 1.29 is 9.59 Å². The van der Waals surface area contributed by atoms with Gasteiger partial charge in [-0.3, -0.25) is 4.79 Å². The van der Waals surface area contributed by atoms with E-state index in [0.29, 0.717) is 19.1 Å². The van der Waals surface area contributed by atoms with Gasteiger partial charge in [0.15, 0.2) is 0 Å². The maximum absolute atomic E-state index is 13.1. The van der Waals surface area contributed by atoms with Crippen LogP contribution in [0.15, 0.2) is 36.4 Å². The minimum Gasteiger partial charge on any atom is -0.336 e. The lowest BCUT2D eigenvalue weighted by molar-refractivity contribution is 0.0739. The van der Waals surface area contributed by atoms with Gasteiger partial charge < -0.3 is 19.6 Å². The number of hydrogen-bond acceptors (Lipinski definition) is 4. The first-order chi connectivity index (χ1) is 15.4. The Balaban J connectivity index is 1.35. The molecule has 2 aliphatic heterocycles. The molecule has 172 valence electrons. The maximum Gasteiger partial charge on any atom is 0.320 e. The lowest BCUT2D eigenvalue weighted by Crippen LogP contribution is -2.44. The predicted octanol–water partition coefficient (Wildman–Crippen LogP) is 3.88. The highest BCUT2D eigenvalue weighted by Gasteiger charge is 2.36. The Hall–Kier alpha value is -2.38. The molecule has 0 bridgehead atoms. The first kappa shape index (κ1) is 22.8. The number of likely N-dealkylation sites (N-methyl/N-ethyl adjacent to an activating group) is 2. The van der Waals surface area contributed by atoms with Gasteiger partial charge in [0.25, 0.3) is 5.91 Å². The fourth-order valence-electron chi connectivity index (χ4n) is 4.62. The second-order valence-corrected chi connectivity index (χ2v) is 10.2. The van der Waals surface area contributed by atoms with Gasteiger partial charge in [-0.25, -0.2) is 4.79 Å². The van der Waals surface area contributed by atoms with Crippen LogP contribution in [0.4, 0.5) is 4.79 Å². The molecule has 1 aromatic carbocycles. The average molecular weight is 455 g/mol. The van der Waals surface area contributed by atoms with Gasteiger partial charge in [0.2, 0.25) is 0 Å². The van der Waals surface area contributed by atoms with Crippen LogP contribution >= 0.6 is 11.3 Å². The molecular formula is C25H34N4O2S. The van der Waals surface area contributed by atoms with Crippen molar-refractivity contribution in [2.75, 3.05) is 47.3 Å². The lowest BCUT2D eigenvalue weighted by Gasteiger charge is -2.27. The molecule has 0 radical (unpaired) electrons. The molecule has 0 saturated carbocycles. The average Bonchev–Trinajstić information content (AvgIpc) is 3.58. The van der Waals surface area contributed by atoms with E-state index in [2.05, 4.69) is 50.2 Å². The summed E-state index contributed by atoms with van der Waals surface area (Å²) in [5.74, 6) is 0.0413. The SMILES string of the molecule is CCc1ccc(-c2ccc(C(=O)N(C)[C@H]3CCN(C(=O)N4CC[C@@H](N(C)C)C4)C3)s2)cc1. The zero-order valence-electron chi connectivity index (χ0n) is 19.6. The summed E-state index contributed by atoms with van der Waals surface area (Å²) in [6, 6.07) is 13.1. The van der Waals surface area contributed by atoms with Crippen LogP contribution in [-0.2, 0) is 6.42 Å². The van der Waals surface area contributed by atoms with Gasteiger partial charge in [-0.05, 0) is 56.6 Å².